The summed E-state index contributed by atoms with van der Waals surface area (Å²) in [5.41, 5.74) is 5.68. The second-order valence-electron chi connectivity index (χ2n) is 5.49. The van der Waals surface area contributed by atoms with Gasteiger partial charge in [0.15, 0.2) is 0 Å². The Morgan fingerprint density at radius 1 is 1.12 bits per heavy atom. The third kappa shape index (κ3) is 5.84. The van der Waals surface area contributed by atoms with E-state index in [0.717, 1.165) is 11.6 Å². The number of amides is 1. The maximum Gasteiger partial charge on any atom is 0.417 e. The van der Waals surface area contributed by atoms with Gasteiger partial charge < -0.3 is 15.8 Å². The summed E-state index contributed by atoms with van der Waals surface area (Å²) in [6.07, 6.45) is -1.88. The molecule has 0 aliphatic rings. The van der Waals surface area contributed by atoms with Crippen LogP contribution in [0.4, 0.5) is 23.7 Å². The van der Waals surface area contributed by atoms with Gasteiger partial charge in [0.25, 0.3) is 0 Å². The monoisotopic (exact) mass is 364 g/mol. The van der Waals surface area contributed by atoms with Gasteiger partial charge >= 0.3 is 12.3 Å². The number of rotatable bonds is 6. The number of alkyl carbamates (subject to hydrolysis) is 1. The first-order chi connectivity index (χ1) is 12.4. The van der Waals surface area contributed by atoms with Crippen LogP contribution in [0.5, 0.6) is 0 Å². The van der Waals surface area contributed by atoms with E-state index >= 15 is 0 Å². The fourth-order valence-corrected chi connectivity index (χ4v) is 2.25. The number of nitrogens with two attached hydrogens (primary N) is 1. The molecule has 0 aliphatic carbocycles. The summed E-state index contributed by atoms with van der Waals surface area (Å²) in [5.74, 6) is 0. The zero-order valence-electron chi connectivity index (χ0n) is 13.9. The van der Waals surface area contributed by atoms with Crippen LogP contribution in [0.15, 0.2) is 54.6 Å². The Morgan fingerprint density at radius 2 is 1.85 bits per heavy atom. The predicted octanol–water partition coefficient (Wildman–Crippen LogP) is 4.62. The van der Waals surface area contributed by atoms with Crippen molar-refractivity contribution in [2.24, 2.45) is 0 Å². The lowest BCUT2D eigenvalue weighted by molar-refractivity contribution is -0.137. The lowest BCUT2D eigenvalue weighted by Crippen LogP contribution is -2.24. The molecule has 2 aromatic rings. The molecule has 0 fully saturated rings. The third-order valence-corrected chi connectivity index (χ3v) is 3.52. The van der Waals surface area contributed by atoms with Gasteiger partial charge in [-0.2, -0.15) is 13.2 Å². The Morgan fingerprint density at radius 3 is 2.54 bits per heavy atom. The van der Waals surface area contributed by atoms with Gasteiger partial charge in [-0.05, 0) is 24.1 Å². The fourth-order valence-electron chi connectivity index (χ4n) is 2.25. The molecule has 0 unspecified atom stereocenters. The van der Waals surface area contributed by atoms with Gasteiger partial charge in [0.1, 0.15) is 6.61 Å². The first kappa shape index (κ1) is 19.4. The molecule has 0 bridgehead atoms. The van der Waals surface area contributed by atoms with Crippen molar-refractivity contribution in [2.75, 3.05) is 12.3 Å². The first-order valence-corrected chi connectivity index (χ1v) is 7.94. The Balaban J connectivity index is 1.80. The molecule has 0 aliphatic heterocycles. The highest BCUT2D eigenvalue weighted by atomic mass is 19.4. The lowest BCUT2D eigenvalue weighted by atomic mass is 10.0. The number of alkyl halides is 3. The van der Waals surface area contributed by atoms with Crippen molar-refractivity contribution in [1.29, 1.82) is 0 Å². The first-order valence-electron chi connectivity index (χ1n) is 7.94. The average molecular weight is 364 g/mol. The predicted molar refractivity (Wildman–Crippen MR) is 94.1 cm³/mol. The van der Waals surface area contributed by atoms with Crippen LogP contribution in [-0.4, -0.2) is 12.6 Å². The van der Waals surface area contributed by atoms with Gasteiger partial charge in [-0.3, -0.25) is 0 Å². The third-order valence-electron chi connectivity index (χ3n) is 3.52. The Bertz CT molecular complexity index is 759. The number of carbonyl (C=O) groups is 1. The van der Waals surface area contributed by atoms with Crippen molar-refractivity contribution < 1.29 is 22.7 Å². The Hall–Kier alpha value is -2.96. The highest BCUT2D eigenvalue weighted by molar-refractivity contribution is 5.69. The quantitative estimate of drug-likeness (QED) is 0.581. The molecule has 2 rings (SSSR count). The highest BCUT2D eigenvalue weighted by Gasteiger charge is 2.33. The number of ether oxygens (including phenoxy) is 1. The molecule has 0 atom stereocenters. The molecule has 2 aromatic carbocycles. The van der Waals surface area contributed by atoms with Crippen LogP contribution in [0.25, 0.3) is 6.08 Å². The molecule has 3 N–H and O–H groups in total. The molecule has 0 radical (unpaired) electrons. The molecule has 0 saturated heterocycles. The molecular formula is C19H19F3N2O2. The summed E-state index contributed by atoms with van der Waals surface area (Å²) in [6, 6.07) is 12.9. The number of halogens is 3. The average Bonchev–Trinajstić information content (AvgIpc) is 2.60. The molecule has 1 amide bonds. The van der Waals surface area contributed by atoms with E-state index in [1.807, 2.05) is 30.3 Å². The number of benzene rings is 2. The van der Waals surface area contributed by atoms with Gasteiger partial charge in [-0.25, -0.2) is 4.79 Å². The van der Waals surface area contributed by atoms with Crippen molar-refractivity contribution in [1.82, 2.24) is 5.32 Å². The van der Waals surface area contributed by atoms with Gasteiger partial charge in [-0.15, -0.1) is 0 Å². The number of carbonyl (C=O) groups excluding carboxylic acids is 1. The fraction of sp³-hybridized carbons (Fsp3) is 0.211. The van der Waals surface area contributed by atoms with E-state index in [1.54, 1.807) is 0 Å². The zero-order chi connectivity index (χ0) is 19.0. The van der Waals surface area contributed by atoms with Crippen molar-refractivity contribution in [2.45, 2.75) is 19.2 Å². The topological polar surface area (TPSA) is 64.3 Å². The smallest absolute Gasteiger partial charge is 0.417 e. The summed E-state index contributed by atoms with van der Waals surface area (Å²) in [4.78, 5) is 11.6. The minimum Gasteiger partial charge on any atom is -0.445 e. The SMILES string of the molecule is Nc1cccc(C(F)(F)F)c1C=CCCNC(=O)OCc1ccccc1. The van der Waals surface area contributed by atoms with Crippen molar-refractivity contribution >= 4 is 17.9 Å². The van der Waals surface area contributed by atoms with E-state index in [0.29, 0.717) is 6.42 Å². The second kappa shape index (κ2) is 8.94. The van der Waals surface area contributed by atoms with Gasteiger partial charge in [0, 0.05) is 17.8 Å². The van der Waals surface area contributed by atoms with E-state index in [9.17, 15) is 18.0 Å². The maximum absolute atomic E-state index is 13.0. The molecule has 0 heterocycles. The molecular weight excluding hydrogens is 345 g/mol. The Labute approximate surface area is 149 Å². The number of nitrogen functional groups attached to an aromatic ring is 1. The normalized spacial score (nSPS) is 11.5. The summed E-state index contributed by atoms with van der Waals surface area (Å²) in [7, 11) is 0. The number of nitrogens with one attached hydrogen (secondary N) is 1. The van der Waals surface area contributed by atoms with E-state index < -0.39 is 17.8 Å². The standard InChI is InChI=1S/C19H19F3N2O2/c20-19(21,22)16-10-6-11-17(23)15(16)9-4-5-12-24-18(25)26-13-14-7-2-1-3-8-14/h1-4,6-11H,5,12-13,23H2,(H,24,25). The van der Waals surface area contributed by atoms with E-state index in [2.05, 4.69) is 5.32 Å². The van der Waals surface area contributed by atoms with E-state index in [1.165, 1.54) is 24.3 Å². The molecule has 0 saturated carbocycles. The van der Waals surface area contributed by atoms with Crippen LogP contribution in [0.3, 0.4) is 0 Å². The van der Waals surface area contributed by atoms with Crippen LogP contribution in [0, 0.1) is 0 Å². The van der Waals surface area contributed by atoms with Crippen molar-refractivity contribution in [3.05, 3.63) is 71.3 Å². The molecule has 0 aromatic heterocycles. The van der Waals surface area contributed by atoms with Crippen LogP contribution < -0.4 is 11.1 Å². The van der Waals surface area contributed by atoms with Gasteiger partial charge in [0.2, 0.25) is 0 Å². The summed E-state index contributed by atoms with van der Waals surface area (Å²) >= 11 is 0. The molecule has 4 nitrogen and oxygen atoms in total. The lowest BCUT2D eigenvalue weighted by Gasteiger charge is -2.12. The van der Waals surface area contributed by atoms with E-state index in [-0.39, 0.29) is 24.4 Å². The van der Waals surface area contributed by atoms with Crippen molar-refractivity contribution in [3.63, 3.8) is 0 Å². The number of anilines is 1. The van der Waals surface area contributed by atoms with Crippen LogP contribution in [0.2, 0.25) is 0 Å². The summed E-state index contributed by atoms with van der Waals surface area (Å²) in [6.45, 7) is 0.385. The number of hydrogen-bond acceptors (Lipinski definition) is 3. The van der Waals surface area contributed by atoms with Crippen LogP contribution >= 0.6 is 0 Å². The van der Waals surface area contributed by atoms with E-state index in [4.69, 9.17) is 10.5 Å². The minimum atomic E-state index is -4.48. The zero-order valence-corrected chi connectivity index (χ0v) is 13.9. The largest absolute Gasteiger partial charge is 0.445 e. The van der Waals surface area contributed by atoms with Gasteiger partial charge in [-0.1, -0.05) is 48.6 Å². The Kier molecular flexibility index (Phi) is 6.66. The van der Waals surface area contributed by atoms with Gasteiger partial charge in [0.05, 0.1) is 5.56 Å². The maximum atomic E-state index is 13.0. The molecule has 26 heavy (non-hydrogen) atoms. The minimum absolute atomic E-state index is 0.0475. The van der Waals surface area contributed by atoms with Crippen LogP contribution in [-0.2, 0) is 17.5 Å². The highest BCUT2D eigenvalue weighted by Crippen LogP contribution is 2.34. The second-order valence-corrected chi connectivity index (χ2v) is 5.49. The molecule has 0 spiro atoms. The van der Waals surface area contributed by atoms with Crippen LogP contribution in [0.1, 0.15) is 23.1 Å². The summed E-state index contributed by atoms with van der Waals surface area (Å²) < 4.78 is 43.9. The molecule has 138 valence electrons. The molecule has 7 heteroatoms. The number of hydrogen-bond donors (Lipinski definition) is 2. The summed E-state index contributed by atoms with van der Waals surface area (Å²) in [5, 5.41) is 2.53. The van der Waals surface area contributed by atoms with Crippen molar-refractivity contribution in [3.8, 4) is 0 Å².